The van der Waals surface area contributed by atoms with Crippen LogP contribution in [0.15, 0.2) is 0 Å². The van der Waals surface area contributed by atoms with Gasteiger partial charge in [0.1, 0.15) is 6.04 Å². The van der Waals surface area contributed by atoms with Gasteiger partial charge in [-0.05, 0) is 13.3 Å². The minimum Gasteiger partial charge on any atom is -0.434 e. The molecular formula is C7H13NO4. The predicted octanol–water partition coefficient (Wildman–Crippen LogP) is 0.423. The Kier molecular flexibility index (Phi) is 5.03. The van der Waals surface area contributed by atoms with Gasteiger partial charge in [-0.15, -0.1) is 0 Å². The lowest BCUT2D eigenvalue weighted by atomic mass is 10.2. The van der Waals surface area contributed by atoms with Gasteiger partial charge in [-0.2, -0.15) is 0 Å². The van der Waals surface area contributed by atoms with Crippen LogP contribution in [0, 0.1) is 0 Å². The van der Waals surface area contributed by atoms with Crippen LogP contribution in [0.4, 0.5) is 4.79 Å². The highest BCUT2D eigenvalue weighted by atomic mass is 16.7. The first kappa shape index (κ1) is 10.9. The van der Waals surface area contributed by atoms with Crippen LogP contribution in [-0.2, 0) is 14.3 Å². The summed E-state index contributed by atoms with van der Waals surface area (Å²) >= 11 is 0. The van der Waals surface area contributed by atoms with Crippen molar-refractivity contribution < 1.29 is 19.1 Å². The van der Waals surface area contributed by atoms with Crippen LogP contribution in [0.2, 0.25) is 0 Å². The van der Waals surface area contributed by atoms with Crippen LogP contribution in [-0.4, -0.2) is 24.8 Å². The third-order valence-electron chi connectivity index (χ3n) is 1.19. The van der Waals surface area contributed by atoms with Crippen LogP contribution in [0.3, 0.4) is 0 Å². The van der Waals surface area contributed by atoms with Crippen LogP contribution in [0.25, 0.3) is 0 Å². The number of carbonyl (C=O) groups is 2. The Bertz CT molecular complexity index is 169. The first-order chi connectivity index (χ1) is 5.61. The molecule has 0 bridgehead atoms. The molecule has 1 atom stereocenters. The maximum atomic E-state index is 10.8. The molecule has 0 aromatic heterocycles. The summed E-state index contributed by atoms with van der Waals surface area (Å²) in [6.07, 6.45) is -0.565. The van der Waals surface area contributed by atoms with Gasteiger partial charge in [0.15, 0.2) is 0 Å². The quantitative estimate of drug-likeness (QED) is 0.497. The van der Waals surface area contributed by atoms with E-state index in [-0.39, 0.29) is 6.61 Å². The number of esters is 1. The summed E-state index contributed by atoms with van der Waals surface area (Å²) in [7, 11) is 0. The Morgan fingerprint density at radius 1 is 1.42 bits per heavy atom. The fraction of sp³-hybridized carbons (Fsp3) is 0.714. The predicted molar refractivity (Wildman–Crippen MR) is 41.4 cm³/mol. The lowest BCUT2D eigenvalue weighted by Crippen LogP contribution is -2.33. The monoisotopic (exact) mass is 175 g/mol. The molecule has 2 N–H and O–H groups in total. The molecule has 12 heavy (non-hydrogen) atoms. The number of ether oxygens (including phenoxy) is 2. The van der Waals surface area contributed by atoms with E-state index >= 15 is 0 Å². The van der Waals surface area contributed by atoms with Crippen LogP contribution in [0.1, 0.15) is 20.3 Å². The van der Waals surface area contributed by atoms with Gasteiger partial charge in [0, 0.05) is 0 Å². The summed E-state index contributed by atoms with van der Waals surface area (Å²) < 4.78 is 8.59. The smallest absolute Gasteiger partial charge is 0.434 e. The van der Waals surface area contributed by atoms with Gasteiger partial charge in [-0.3, -0.25) is 0 Å². The zero-order chi connectivity index (χ0) is 9.56. The first-order valence-corrected chi connectivity index (χ1v) is 3.75. The van der Waals surface area contributed by atoms with Gasteiger partial charge >= 0.3 is 12.1 Å². The molecule has 0 amide bonds. The van der Waals surface area contributed by atoms with E-state index in [1.807, 2.05) is 0 Å². The molecule has 0 saturated carbocycles. The van der Waals surface area contributed by atoms with Crippen molar-refractivity contribution in [2.75, 3.05) is 6.61 Å². The van der Waals surface area contributed by atoms with Gasteiger partial charge in [0.2, 0.25) is 0 Å². The van der Waals surface area contributed by atoms with Gasteiger partial charge in [0.05, 0.1) is 6.61 Å². The topological polar surface area (TPSA) is 78.6 Å². The lowest BCUT2D eigenvalue weighted by Gasteiger charge is -2.06. The molecule has 70 valence electrons. The van der Waals surface area contributed by atoms with E-state index in [4.69, 9.17) is 5.73 Å². The minimum absolute atomic E-state index is 0.174. The Morgan fingerprint density at radius 2 is 2.00 bits per heavy atom. The van der Waals surface area contributed by atoms with Gasteiger partial charge < -0.3 is 15.2 Å². The Hall–Kier alpha value is -1.10. The largest absolute Gasteiger partial charge is 0.516 e. The second-order valence-corrected chi connectivity index (χ2v) is 2.12. The van der Waals surface area contributed by atoms with Gasteiger partial charge in [-0.25, -0.2) is 9.59 Å². The minimum atomic E-state index is -0.994. The molecule has 0 aliphatic rings. The Balaban J connectivity index is 3.76. The van der Waals surface area contributed by atoms with E-state index in [1.165, 1.54) is 0 Å². The molecule has 0 unspecified atom stereocenters. The highest BCUT2D eigenvalue weighted by molar-refractivity contribution is 5.85. The third-order valence-corrected chi connectivity index (χ3v) is 1.19. The molecule has 0 aromatic carbocycles. The molecule has 0 aromatic rings. The average molecular weight is 175 g/mol. The summed E-state index contributed by atoms with van der Waals surface area (Å²) in [6.45, 7) is 3.51. The molecule has 0 fully saturated rings. The number of hydrogen-bond donors (Lipinski definition) is 1. The van der Waals surface area contributed by atoms with Crippen molar-refractivity contribution in [1.82, 2.24) is 0 Å². The molecule has 0 aliphatic heterocycles. The second kappa shape index (κ2) is 5.54. The van der Waals surface area contributed by atoms with Crippen LogP contribution in [0.5, 0.6) is 0 Å². The lowest BCUT2D eigenvalue weighted by molar-refractivity contribution is -0.141. The fourth-order valence-electron chi connectivity index (χ4n) is 0.472. The summed E-state index contributed by atoms with van der Waals surface area (Å²) in [4.78, 5) is 21.4. The SMILES string of the molecule is CCOC(=O)OC(=O)[C@@H](N)CC. The molecule has 0 aliphatic carbocycles. The van der Waals surface area contributed by atoms with Crippen molar-refractivity contribution in [2.24, 2.45) is 5.73 Å². The fourth-order valence-corrected chi connectivity index (χ4v) is 0.472. The molecule has 0 saturated heterocycles. The van der Waals surface area contributed by atoms with E-state index in [0.29, 0.717) is 6.42 Å². The number of nitrogens with two attached hydrogens (primary N) is 1. The molecular weight excluding hydrogens is 162 g/mol. The Labute approximate surface area is 70.8 Å². The normalized spacial score (nSPS) is 11.9. The average Bonchev–Trinajstić information content (AvgIpc) is 2.03. The molecule has 5 nitrogen and oxygen atoms in total. The van der Waals surface area contributed by atoms with Crippen molar-refractivity contribution in [3.8, 4) is 0 Å². The molecule has 0 rings (SSSR count). The standard InChI is InChI=1S/C7H13NO4/c1-3-5(8)6(9)12-7(10)11-4-2/h5H,3-4,8H2,1-2H3/t5-/m0/s1. The van der Waals surface area contributed by atoms with Crippen molar-refractivity contribution in [2.45, 2.75) is 26.3 Å². The maximum absolute atomic E-state index is 10.8. The van der Waals surface area contributed by atoms with Crippen molar-refractivity contribution in [3.63, 3.8) is 0 Å². The summed E-state index contributed by atoms with van der Waals surface area (Å²) in [6, 6.07) is -0.755. The maximum Gasteiger partial charge on any atom is 0.516 e. The zero-order valence-corrected chi connectivity index (χ0v) is 7.20. The van der Waals surface area contributed by atoms with E-state index in [0.717, 1.165) is 0 Å². The van der Waals surface area contributed by atoms with E-state index in [1.54, 1.807) is 13.8 Å². The summed E-state index contributed by atoms with van der Waals surface area (Å²) in [5.41, 5.74) is 5.28. The van der Waals surface area contributed by atoms with Crippen molar-refractivity contribution in [3.05, 3.63) is 0 Å². The molecule has 0 radical (unpaired) electrons. The molecule has 0 spiro atoms. The Morgan fingerprint density at radius 3 is 2.42 bits per heavy atom. The molecule has 0 heterocycles. The highest BCUT2D eigenvalue weighted by Gasteiger charge is 2.17. The van der Waals surface area contributed by atoms with Crippen LogP contribution >= 0.6 is 0 Å². The van der Waals surface area contributed by atoms with E-state index in [2.05, 4.69) is 9.47 Å². The molecule has 5 heteroatoms. The number of hydrogen-bond acceptors (Lipinski definition) is 5. The second-order valence-electron chi connectivity index (χ2n) is 2.12. The van der Waals surface area contributed by atoms with Crippen LogP contribution < -0.4 is 5.73 Å². The first-order valence-electron chi connectivity index (χ1n) is 3.75. The number of rotatable bonds is 3. The van der Waals surface area contributed by atoms with Crippen molar-refractivity contribution >= 4 is 12.1 Å². The van der Waals surface area contributed by atoms with Crippen molar-refractivity contribution in [1.29, 1.82) is 0 Å². The number of carbonyl (C=O) groups excluding carboxylic acids is 2. The summed E-state index contributed by atoms with van der Waals surface area (Å²) in [5.74, 6) is -0.754. The van der Waals surface area contributed by atoms with Gasteiger partial charge in [0.25, 0.3) is 0 Å². The van der Waals surface area contributed by atoms with Gasteiger partial charge in [-0.1, -0.05) is 6.92 Å². The van der Waals surface area contributed by atoms with E-state index in [9.17, 15) is 9.59 Å². The summed E-state index contributed by atoms with van der Waals surface area (Å²) in [5, 5.41) is 0. The zero-order valence-electron chi connectivity index (χ0n) is 7.20. The van der Waals surface area contributed by atoms with E-state index < -0.39 is 18.2 Å². The third kappa shape index (κ3) is 3.92. The highest BCUT2D eigenvalue weighted by Crippen LogP contribution is 1.93.